The maximum absolute atomic E-state index is 13.9. The predicted octanol–water partition coefficient (Wildman–Crippen LogP) is 6.22. The number of halogens is 1. The van der Waals surface area contributed by atoms with Crippen LogP contribution in [0.4, 0.5) is 0 Å². The molecule has 36 heavy (non-hydrogen) atoms. The summed E-state index contributed by atoms with van der Waals surface area (Å²) in [5, 5.41) is 1.98. The molecule has 1 amide bonds. The minimum absolute atomic E-state index is 0.287. The van der Waals surface area contributed by atoms with E-state index >= 15 is 0 Å². The summed E-state index contributed by atoms with van der Waals surface area (Å²) in [6, 6.07) is 17.7. The maximum atomic E-state index is 13.9. The number of carbonyl (C=O) groups is 1. The van der Waals surface area contributed by atoms with Crippen LogP contribution in [-0.4, -0.2) is 52.0 Å². The first kappa shape index (κ1) is 22.6. The highest BCUT2D eigenvalue weighted by molar-refractivity contribution is 6.31. The van der Waals surface area contributed by atoms with Crippen LogP contribution in [-0.2, 0) is 11.3 Å². The van der Waals surface area contributed by atoms with E-state index in [4.69, 9.17) is 11.6 Å². The monoisotopic (exact) mass is 499 g/mol. The van der Waals surface area contributed by atoms with Gasteiger partial charge in [0.05, 0.1) is 0 Å². The number of para-hydroxylation sites is 1. The van der Waals surface area contributed by atoms with Crippen molar-refractivity contribution in [2.45, 2.75) is 57.2 Å². The predicted molar refractivity (Wildman–Crippen MR) is 146 cm³/mol. The molecule has 2 aromatic carbocycles. The summed E-state index contributed by atoms with van der Waals surface area (Å²) >= 11 is 6.48. The minimum atomic E-state index is 0.287. The Morgan fingerprint density at radius 3 is 2.67 bits per heavy atom. The molecule has 0 saturated carbocycles. The van der Waals surface area contributed by atoms with Gasteiger partial charge in [-0.3, -0.25) is 9.69 Å². The summed E-state index contributed by atoms with van der Waals surface area (Å²) in [7, 11) is 0. The molecule has 0 bridgehead atoms. The Bertz CT molecular complexity index is 1340. The van der Waals surface area contributed by atoms with E-state index in [9.17, 15) is 4.79 Å². The van der Waals surface area contributed by atoms with Crippen LogP contribution in [0, 0.1) is 11.8 Å². The zero-order valence-electron chi connectivity index (χ0n) is 20.8. The van der Waals surface area contributed by atoms with Crippen molar-refractivity contribution in [2.75, 3.05) is 19.6 Å². The first-order valence-electron chi connectivity index (χ1n) is 13.7. The molecule has 186 valence electrons. The van der Waals surface area contributed by atoms with E-state index in [1.165, 1.54) is 49.7 Å². The molecule has 4 fully saturated rings. The third kappa shape index (κ3) is 3.72. The summed E-state index contributed by atoms with van der Waals surface area (Å²) in [6.07, 6.45) is 11.5. The van der Waals surface area contributed by atoms with Crippen LogP contribution in [0.1, 0.15) is 49.7 Å². The third-order valence-corrected chi connectivity index (χ3v) is 9.73. The lowest BCUT2D eigenvalue weighted by atomic mass is 9.67. The summed E-state index contributed by atoms with van der Waals surface area (Å²) in [5.74, 6) is 1.61. The second kappa shape index (κ2) is 9.08. The molecule has 4 atom stereocenters. The fourth-order valence-corrected chi connectivity index (χ4v) is 8.04. The van der Waals surface area contributed by atoms with Crippen molar-refractivity contribution in [1.82, 2.24) is 14.4 Å². The number of rotatable bonds is 3. The number of hydrogen-bond acceptors (Lipinski definition) is 2. The van der Waals surface area contributed by atoms with Crippen molar-refractivity contribution in [1.29, 1.82) is 0 Å². The molecular formula is C31H34ClN3O. The highest BCUT2D eigenvalue weighted by atomic mass is 35.5. The molecule has 4 aliphatic rings. The Morgan fingerprint density at radius 2 is 1.78 bits per heavy atom. The summed E-state index contributed by atoms with van der Waals surface area (Å²) in [5.41, 5.74) is 4.40. The number of benzene rings is 2. The number of piperidine rings is 4. The molecule has 3 aromatic rings. The van der Waals surface area contributed by atoms with E-state index < -0.39 is 0 Å². The van der Waals surface area contributed by atoms with Crippen molar-refractivity contribution in [2.24, 2.45) is 11.8 Å². The Labute approximate surface area is 218 Å². The van der Waals surface area contributed by atoms with Gasteiger partial charge in [-0.25, -0.2) is 0 Å². The first-order chi connectivity index (χ1) is 17.7. The Balaban J connectivity index is 1.20. The zero-order valence-corrected chi connectivity index (χ0v) is 21.5. The smallest absolute Gasteiger partial charge is 0.250 e. The highest BCUT2D eigenvalue weighted by Crippen LogP contribution is 2.45. The molecule has 4 saturated heterocycles. The average molecular weight is 500 g/mol. The SMILES string of the molecule is O=C1/C(=C/c2cn(Cc3ccccc3Cl)c3ccccc23)CC[C@@H]2[C@H]3CCCN4CCC[C@@H](CN12)[C@@H]34. The van der Waals surface area contributed by atoms with Crippen LogP contribution < -0.4 is 0 Å². The van der Waals surface area contributed by atoms with Gasteiger partial charge in [0.2, 0.25) is 5.91 Å². The number of nitrogens with zero attached hydrogens (tertiary/aromatic N) is 3. The van der Waals surface area contributed by atoms with Gasteiger partial charge in [-0.2, -0.15) is 0 Å². The average Bonchev–Trinajstić information content (AvgIpc) is 3.25. The molecule has 5 heteroatoms. The van der Waals surface area contributed by atoms with Crippen LogP contribution in [0.5, 0.6) is 0 Å². The van der Waals surface area contributed by atoms with Gasteiger partial charge < -0.3 is 9.47 Å². The lowest BCUT2D eigenvalue weighted by Crippen LogP contribution is -2.66. The van der Waals surface area contributed by atoms with Gasteiger partial charge in [0.25, 0.3) is 0 Å². The van der Waals surface area contributed by atoms with Gasteiger partial charge in [0, 0.05) is 58.4 Å². The van der Waals surface area contributed by atoms with E-state index in [0.29, 0.717) is 24.4 Å². The van der Waals surface area contributed by atoms with Crippen LogP contribution in [0.2, 0.25) is 5.02 Å². The van der Waals surface area contributed by atoms with E-state index in [1.807, 2.05) is 18.2 Å². The van der Waals surface area contributed by atoms with Gasteiger partial charge in [0.1, 0.15) is 0 Å². The fraction of sp³-hybridized carbons (Fsp3) is 0.452. The summed E-state index contributed by atoms with van der Waals surface area (Å²) in [6.45, 7) is 4.20. The molecule has 0 N–H and O–H groups in total. The van der Waals surface area contributed by atoms with Crippen LogP contribution >= 0.6 is 11.6 Å². The second-order valence-electron chi connectivity index (χ2n) is 11.3. The van der Waals surface area contributed by atoms with Gasteiger partial charge in [-0.1, -0.05) is 48.0 Å². The van der Waals surface area contributed by atoms with Crippen molar-refractivity contribution < 1.29 is 4.79 Å². The molecule has 5 heterocycles. The fourth-order valence-electron chi connectivity index (χ4n) is 7.85. The molecular weight excluding hydrogens is 466 g/mol. The summed E-state index contributed by atoms with van der Waals surface area (Å²) in [4.78, 5) is 19.0. The largest absolute Gasteiger partial charge is 0.342 e. The first-order valence-corrected chi connectivity index (χ1v) is 14.1. The van der Waals surface area contributed by atoms with Gasteiger partial charge >= 0.3 is 0 Å². The lowest BCUT2D eigenvalue weighted by Gasteiger charge is -2.58. The second-order valence-corrected chi connectivity index (χ2v) is 11.7. The Kier molecular flexibility index (Phi) is 5.70. The number of amides is 1. The van der Waals surface area contributed by atoms with Gasteiger partial charge in [0.15, 0.2) is 0 Å². The number of carbonyl (C=O) groups excluding carboxylic acids is 1. The molecule has 0 radical (unpaired) electrons. The highest BCUT2D eigenvalue weighted by Gasteiger charge is 2.51. The van der Waals surface area contributed by atoms with Crippen molar-refractivity contribution >= 4 is 34.5 Å². The third-order valence-electron chi connectivity index (χ3n) is 9.36. The topological polar surface area (TPSA) is 28.5 Å². The molecule has 0 aliphatic carbocycles. The standard InChI is InChI=1S/C31H34ClN3O/c32-27-11-3-1-7-22(27)18-34-19-24(25-9-2-4-12-28(25)34)17-21-13-14-29-26-10-6-16-33-15-5-8-23(30(26)33)20-35(29)31(21)36/h1-4,7,9,11-12,17,19,23,26,29-30H,5-6,8,10,13-16,18,20H2/b21-17+/t23-,26+,29+,30-/m0/s1. The lowest BCUT2D eigenvalue weighted by molar-refractivity contribution is -0.145. The number of hydrogen-bond donors (Lipinski definition) is 0. The number of aromatic nitrogens is 1. The Morgan fingerprint density at radius 1 is 0.972 bits per heavy atom. The molecule has 4 aliphatic heterocycles. The summed E-state index contributed by atoms with van der Waals surface area (Å²) < 4.78 is 2.27. The zero-order chi connectivity index (χ0) is 24.2. The maximum Gasteiger partial charge on any atom is 0.250 e. The normalized spacial score (nSPS) is 29.4. The van der Waals surface area contributed by atoms with Crippen LogP contribution in [0.3, 0.4) is 0 Å². The Hall–Kier alpha value is -2.56. The molecule has 0 spiro atoms. The van der Waals surface area contributed by atoms with Gasteiger partial charge in [-0.15, -0.1) is 0 Å². The molecule has 4 nitrogen and oxygen atoms in total. The van der Waals surface area contributed by atoms with Gasteiger partial charge in [-0.05, 0) is 87.2 Å². The van der Waals surface area contributed by atoms with E-state index in [1.54, 1.807) is 0 Å². The van der Waals surface area contributed by atoms with E-state index in [2.05, 4.69) is 57.0 Å². The number of fused-ring (bicyclic) bond motifs is 3. The van der Waals surface area contributed by atoms with E-state index in [0.717, 1.165) is 47.2 Å². The molecule has 0 unspecified atom stereocenters. The van der Waals surface area contributed by atoms with Crippen LogP contribution in [0.25, 0.3) is 17.0 Å². The van der Waals surface area contributed by atoms with Crippen molar-refractivity contribution in [3.05, 3.63) is 76.5 Å². The van der Waals surface area contributed by atoms with Crippen LogP contribution in [0.15, 0.2) is 60.3 Å². The van der Waals surface area contributed by atoms with Crippen molar-refractivity contribution in [3.63, 3.8) is 0 Å². The minimum Gasteiger partial charge on any atom is -0.342 e. The molecule has 1 aromatic heterocycles. The quantitative estimate of drug-likeness (QED) is 0.400. The van der Waals surface area contributed by atoms with E-state index in [-0.39, 0.29) is 5.91 Å². The molecule has 7 rings (SSSR count). The van der Waals surface area contributed by atoms with Crippen molar-refractivity contribution in [3.8, 4) is 0 Å².